The Labute approximate surface area is 59.6 Å². The average molecular weight is 133 g/mol. The predicted molar refractivity (Wildman–Crippen MR) is 35.4 cm³/mol. The zero-order chi connectivity index (χ0) is 7.45. The summed E-state index contributed by atoms with van der Waals surface area (Å²) in [6, 6.07) is 3.98. The summed E-state index contributed by atoms with van der Waals surface area (Å²) in [4.78, 5) is 0. The molecule has 0 unspecified atom stereocenters. The van der Waals surface area contributed by atoms with E-state index in [0.29, 0.717) is 13.0 Å². The van der Waals surface area contributed by atoms with Crippen LogP contribution in [0.5, 0.6) is 0 Å². The molecule has 0 radical (unpaired) electrons. The van der Waals surface area contributed by atoms with E-state index in [4.69, 9.17) is 10.5 Å². The van der Waals surface area contributed by atoms with Crippen LogP contribution >= 0.6 is 0 Å². The van der Waals surface area contributed by atoms with Gasteiger partial charge in [-0.05, 0) is 6.20 Å². The molecule has 0 saturated carbocycles. The number of nitriles is 2. The highest BCUT2D eigenvalue weighted by molar-refractivity contribution is 5.19. The SMILES string of the molecule is N#CC1(C#N)CC=CNC1. The number of rotatable bonds is 0. The molecule has 1 aliphatic heterocycles. The van der Waals surface area contributed by atoms with Crippen molar-refractivity contribution in [1.29, 1.82) is 10.5 Å². The molecule has 0 atom stereocenters. The first kappa shape index (κ1) is 6.64. The number of nitrogens with one attached hydrogen (secondary N) is 1. The molecule has 0 fully saturated rings. The van der Waals surface area contributed by atoms with E-state index in [1.54, 1.807) is 12.3 Å². The van der Waals surface area contributed by atoms with Gasteiger partial charge in [0, 0.05) is 13.0 Å². The molecule has 1 N–H and O–H groups in total. The molecule has 3 nitrogen and oxygen atoms in total. The van der Waals surface area contributed by atoms with Gasteiger partial charge in [-0.1, -0.05) is 6.08 Å². The molecule has 10 heavy (non-hydrogen) atoms. The lowest BCUT2D eigenvalue weighted by Gasteiger charge is -2.19. The van der Waals surface area contributed by atoms with E-state index in [0.717, 1.165) is 0 Å². The molecule has 0 saturated heterocycles. The zero-order valence-corrected chi connectivity index (χ0v) is 5.46. The van der Waals surface area contributed by atoms with Crippen LogP contribution in [0.15, 0.2) is 12.3 Å². The Bertz CT molecular complexity index is 214. The maximum absolute atomic E-state index is 8.60. The smallest absolute Gasteiger partial charge is 0.164 e. The lowest BCUT2D eigenvalue weighted by atomic mass is 9.86. The van der Waals surface area contributed by atoms with Crippen LogP contribution in [-0.4, -0.2) is 6.54 Å². The van der Waals surface area contributed by atoms with Gasteiger partial charge < -0.3 is 5.32 Å². The van der Waals surface area contributed by atoms with Gasteiger partial charge in [0.15, 0.2) is 5.41 Å². The van der Waals surface area contributed by atoms with Gasteiger partial charge in [-0.3, -0.25) is 0 Å². The second-order valence-corrected chi connectivity index (χ2v) is 2.29. The monoisotopic (exact) mass is 133 g/mol. The number of hydrogen-bond donors (Lipinski definition) is 1. The molecule has 50 valence electrons. The van der Waals surface area contributed by atoms with Crippen LogP contribution in [0.3, 0.4) is 0 Å². The zero-order valence-electron chi connectivity index (χ0n) is 5.46. The van der Waals surface area contributed by atoms with Crippen molar-refractivity contribution in [2.75, 3.05) is 6.54 Å². The van der Waals surface area contributed by atoms with E-state index in [1.165, 1.54) is 0 Å². The van der Waals surface area contributed by atoms with Crippen LogP contribution in [0.2, 0.25) is 0 Å². The molecule has 0 aromatic heterocycles. The van der Waals surface area contributed by atoms with Gasteiger partial charge in [-0.25, -0.2) is 0 Å². The first-order valence-corrected chi connectivity index (χ1v) is 3.04. The van der Waals surface area contributed by atoms with Crippen LogP contribution in [-0.2, 0) is 0 Å². The van der Waals surface area contributed by atoms with E-state index >= 15 is 0 Å². The summed E-state index contributed by atoms with van der Waals surface area (Å²) < 4.78 is 0. The fraction of sp³-hybridized carbons (Fsp3) is 0.429. The van der Waals surface area contributed by atoms with Gasteiger partial charge in [0.25, 0.3) is 0 Å². The first-order chi connectivity index (χ1) is 4.83. The van der Waals surface area contributed by atoms with Crippen LogP contribution in [0.25, 0.3) is 0 Å². The Morgan fingerprint density at radius 2 is 2.10 bits per heavy atom. The Kier molecular flexibility index (Phi) is 1.60. The number of nitrogens with zero attached hydrogens (tertiary/aromatic N) is 2. The molecule has 1 rings (SSSR count). The molecule has 0 aliphatic carbocycles. The molecule has 0 bridgehead atoms. The van der Waals surface area contributed by atoms with E-state index in [-0.39, 0.29) is 0 Å². The minimum absolute atomic E-state index is 0.441. The van der Waals surface area contributed by atoms with Gasteiger partial charge in [0.1, 0.15) is 0 Å². The summed E-state index contributed by atoms with van der Waals surface area (Å²) in [7, 11) is 0. The number of allylic oxidation sites excluding steroid dienone is 1. The topological polar surface area (TPSA) is 59.6 Å². The van der Waals surface area contributed by atoms with Crippen molar-refractivity contribution in [3.05, 3.63) is 12.3 Å². The Balaban J connectivity index is 2.80. The second-order valence-electron chi connectivity index (χ2n) is 2.29. The van der Waals surface area contributed by atoms with Gasteiger partial charge in [0.05, 0.1) is 12.1 Å². The van der Waals surface area contributed by atoms with Crippen molar-refractivity contribution in [3.8, 4) is 12.1 Å². The number of hydrogen-bond acceptors (Lipinski definition) is 3. The average Bonchev–Trinajstić information content (AvgIpc) is 2.06. The Morgan fingerprint density at radius 1 is 1.40 bits per heavy atom. The van der Waals surface area contributed by atoms with Crippen LogP contribution < -0.4 is 5.32 Å². The van der Waals surface area contributed by atoms with E-state index in [1.807, 2.05) is 12.1 Å². The van der Waals surface area contributed by atoms with Crippen molar-refractivity contribution in [2.45, 2.75) is 6.42 Å². The lowest BCUT2D eigenvalue weighted by Crippen LogP contribution is -2.31. The third-order valence-electron chi connectivity index (χ3n) is 1.53. The Morgan fingerprint density at radius 3 is 2.40 bits per heavy atom. The van der Waals surface area contributed by atoms with Gasteiger partial charge >= 0.3 is 0 Å². The predicted octanol–water partition coefficient (Wildman–Crippen LogP) is 0.527. The molecule has 0 aromatic carbocycles. The molecule has 3 heteroatoms. The van der Waals surface area contributed by atoms with Gasteiger partial charge in [0.2, 0.25) is 0 Å². The summed E-state index contributed by atoms with van der Waals surface area (Å²) in [6.45, 7) is 0.441. The van der Waals surface area contributed by atoms with Crippen molar-refractivity contribution < 1.29 is 0 Å². The lowest BCUT2D eigenvalue weighted by molar-refractivity contribution is 0.487. The molecule has 1 aliphatic rings. The maximum Gasteiger partial charge on any atom is 0.164 e. The van der Waals surface area contributed by atoms with Crippen molar-refractivity contribution >= 4 is 0 Å². The fourth-order valence-corrected chi connectivity index (χ4v) is 0.844. The van der Waals surface area contributed by atoms with Gasteiger partial charge in [-0.2, -0.15) is 10.5 Å². The summed E-state index contributed by atoms with van der Waals surface area (Å²) in [5.74, 6) is 0. The second kappa shape index (κ2) is 2.41. The Hall–Kier alpha value is -1.48. The molecular weight excluding hydrogens is 126 g/mol. The first-order valence-electron chi connectivity index (χ1n) is 3.04. The summed E-state index contributed by atoms with van der Waals surface area (Å²) >= 11 is 0. The highest BCUT2D eigenvalue weighted by atomic mass is 14.9. The van der Waals surface area contributed by atoms with Crippen molar-refractivity contribution in [1.82, 2.24) is 5.32 Å². The van der Waals surface area contributed by atoms with E-state index in [9.17, 15) is 0 Å². The molecule has 0 spiro atoms. The van der Waals surface area contributed by atoms with Crippen molar-refractivity contribution in [2.24, 2.45) is 5.41 Å². The summed E-state index contributed by atoms with van der Waals surface area (Å²) in [5, 5.41) is 20.0. The van der Waals surface area contributed by atoms with Crippen LogP contribution in [0.1, 0.15) is 6.42 Å². The van der Waals surface area contributed by atoms with Crippen LogP contribution in [0, 0.1) is 28.1 Å². The summed E-state index contributed by atoms with van der Waals surface area (Å²) in [5.41, 5.74) is -0.825. The minimum atomic E-state index is -0.825. The fourth-order valence-electron chi connectivity index (χ4n) is 0.844. The van der Waals surface area contributed by atoms with Gasteiger partial charge in [-0.15, -0.1) is 0 Å². The maximum atomic E-state index is 8.60. The minimum Gasteiger partial charge on any atom is -0.388 e. The van der Waals surface area contributed by atoms with Crippen LogP contribution in [0.4, 0.5) is 0 Å². The quantitative estimate of drug-likeness (QED) is 0.524. The third-order valence-corrected chi connectivity index (χ3v) is 1.53. The molecule has 0 aromatic rings. The van der Waals surface area contributed by atoms with E-state index in [2.05, 4.69) is 5.32 Å². The highest BCUT2D eigenvalue weighted by Crippen LogP contribution is 2.21. The third kappa shape index (κ3) is 0.942. The largest absolute Gasteiger partial charge is 0.388 e. The molecule has 0 amide bonds. The van der Waals surface area contributed by atoms with Crippen molar-refractivity contribution in [3.63, 3.8) is 0 Å². The molecular formula is C7H7N3. The standard InChI is InChI=1S/C7H7N3/c8-4-7(5-9)2-1-3-10-6-7/h1,3,10H,2,6H2. The normalized spacial score (nSPS) is 20.2. The summed E-state index contributed by atoms with van der Waals surface area (Å²) in [6.07, 6.45) is 4.11. The molecule has 1 heterocycles. The van der Waals surface area contributed by atoms with E-state index < -0.39 is 5.41 Å². The highest BCUT2D eigenvalue weighted by Gasteiger charge is 2.29.